The Morgan fingerprint density at radius 1 is 1.24 bits per heavy atom. The van der Waals surface area contributed by atoms with Gasteiger partial charge in [-0.2, -0.15) is 0 Å². The second kappa shape index (κ2) is 8.19. The number of amides is 1. The number of sulfonamides is 1. The molecule has 0 N–H and O–H groups in total. The van der Waals surface area contributed by atoms with Crippen LogP contribution in [0.1, 0.15) is 25.3 Å². The molecule has 1 aromatic carbocycles. The molecule has 1 aromatic rings. The predicted molar refractivity (Wildman–Crippen MR) is 101 cm³/mol. The van der Waals surface area contributed by atoms with Crippen LogP contribution in [0.2, 0.25) is 0 Å². The highest BCUT2D eigenvalue weighted by atomic mass is 32.2. The van der Waals surface area contributed by atoms with Gasteiger partial charge in [-0.3, -0.25) is 4.79 Å². The van der Waals surface area contributed by atoms with Crippen molar-refractivity contribution in [3.63, 3.8) is 0 Å². The van der Waals surface area contributed by atoms with Gasteiger partial charge in [0.25, 0.3) is 0 Å². The normalized spacial score (nSPS) is 18.8. The van der Waals surface area contributed by atoms with Gasteiger partial charge in [-0.25, -0.2) is 12.7 Å². The first-order valence-electron chi connectivity index (χ1n) is 8.72. The van der Waals surface area contributed by atoms with E-state index >= 15 is 0 Å². The molecular formula is C18H29N3O3S. The van der Waals surface area contributed by atoms with Gasteiger partial charge in [-0.05, 0) is 37.5 Å². The fourth-order valence-electron chi connectivity index (χ4n) is 3.17. The molecule has 25 heavy (non-hydrogen) atoms. The van der Waals surface area contributed by atoms with Gasteiger partial charge in [-0.1, -0.05) is 12.1 Å². The zero-order valence-electron chi connectivity index (χ0n) is 15.6. The largest absolute Gasteiger partial charge is 0.378 e. The SMILES string of the molecule is CCN(Cc1ccc(N(C)C)cc1)C(=O)C1CCCN(S(C)(=O)=O)C1. The third-order valence-electron chi connectivity index (χ3n) is 4.72. The molecule has 0 saturated carbocycles. The van der Waals surface area contributed by atoms with Gasteiger partial charge in [0.05, 0.1) is 12.2 Å². The summed E-state index contributed by atoms with van der Waals surface area (Å²) < 4.78 is 25.0. The smallest absolute Gasteiger partial charge is 0.227 e. The van der Waals surface area contributed by atoms with E-state index in [0.717, 1.165) is 24.1 Å². The molecule has 1 saturated heterocycles. The lowest BCUT2D eigenvalue weighted by Gasteiger charge is -2.33. The molecule has 1 heterocycles. The molecule has 140 valence electrons. The third kappa shape index (κ3) is 5.19. The zero-order chi connectivity index (χ0) is 18.6. The quantitative estimate of drug-likeness (QED) is 0.769. The molecule has 1 aliphatic heterocycles. The molecule has 1 unspecified atom stereocenters. The van der Waals surface area contributed by atoms with Crippen LogP contribution in [0.15, 0.2) is 24.3 Å². The van der Waals surface area contributed by atoms with Gasteiger partial charge >= 0.3 is 0 Å². The molecule has 2 rings (SSSR count). The monoisotopic (exact) mass is 367 g/mol. The van der Waals surface area contributed by atoms with E-state index in [1.807, 2.05) is 55.1 Å². The molecular weight excluding hydrogens is 338 g/mol. The molecule has 1 aliphatic rings. The second-order valence-electron chi connectivity index (χ2n) is 6.87. The molecule has 0 radical (unpaired) electrons. The summed E-state index contributed by atoms with van der Waals surface area (Å²) in [4.78, 5) is 16.7. The second-order valence-corrected chi connectivity index (χ2v) is 8.86. The summed E-state index contributed by atoms with van der Waals surface area (Å²) in [5.74, 6) is -0.197. The molecule has 1 amide bonds. The van der Waals surface area contributed by atoms with Gasteiger partial charge in [0.15, 0.2) is 0 Å². The average Bonchev–Trinajstić information content (AvgIpc) is 2.59. The van der Waals surface area contributed by atoms with E-state index in [1.54, 1.807) is 0 Å². The Balaban J connectivity index is 2.05. The lowest BCUT2D eigenvalue weighted by atomic mass is 9.97. The number of hydrogen-bond acceptors (Lipinski definition) is 4. The van der Waals surface area contributed by atoms with Gasteiger partial charge in [0, 0.05) is 46.0 Å². The minimum absolute atomic E-state index is 0.0486. The highest BCUT2D eigenvalue weighted by molar-refractivity contribution is 7.88. The van der Waals surface area contributed by atoms with Crippen LogP contribution in [-0.4, -0.2) is 63.5 Å². The maximum Gasteiger partial charge on any atom is 0.227 e. The number of rotatable bonds is 6. The summed E-state index contributed by atoms with van der Waals surface area (Å²) >= 11 is 0. The van der Waals surface area contributed by atoms with E-state index < -0.39 is 10.0 Å². The van der Waals surface area contributed by atoms with Crippen molar-refractivity contribution in [2.75, 3.05) is 44.9 Å². The minimum atomic E-state index is -3.24. The van der Waals surface area contributed by atoms with E-state index in [2.05, 4.69) is 0 Å². The fraction of sp³-hybridized carbons (Fsp3) is 0.611. The van der Waals surface area contributed by atoms with Crippen LogP contribution in [0, 0.1) is 5.92 Å². The standard InChI is InChI=1S/C18H29N3O3S/c1-5-20(13-15-8-10-17(11-9-15)19(2)3)18(22)16-7-6-12-21(14-16)25(4,23)24/h8-11,16H,5-7,12-14H2,1-4H3. The maximum atomic E-state index is 12.9. The molecule has 0 bridgehead atoms. The molecule has 7 heteroatoms. The first-order chi connectivity index (χ1) is 11.7. The van der Waals surface area contributed by atoms with Crippen LogP contribution in [0.5, 0.6) is 0 Å². The zero-order valence-corrected chi connectivity index (χ0v) is 16.4. The van der Waals surface area contributed by atoms with E-state index in [1.165, 1.54) is 10.6 Å². The van der Waals surface area contributed by atoms with Crippen molar-refractivity contribution in [3.05, 3.63) is 29.8 Å². The molecule has 1 atom stereocenters. The maximum absolute atomic E-state index is 12.9. The highest BCUT2D eigenvalue weighted by Gasteiger charge is 2.32. The fourth-order valence-corrected chi connectivity index (χ4v) is 4.08. The summed E-state index contributed by atoms with van der Waals surface area (Å²) in [6.45, 7) is 3.94. The van der Waals surface area contributed by atoms with Crippen LogP contribution in [-0.2, 0) is 21.4 Å². The van der Waals surface area contributed by atoms with Crippen LogP contribution in [0.25, 0.3) is 0 Å². The number of hydrogen-bond donors (Lipinski definition) is 0. The Morgan fingerprint density at radius 3 is 2.40 bits per heavy atom. The molecule has 0 aliphatic carbocycles. The van der Waals surface area contributed by atoms with Crippen LogP contribution < -0.4 is 4.90 Å². The highest BCUT2D eigenvalue weighted by Crippen LogP contribution is 2.22. The Kier molecular flexibility index (Phi) is 6.46. The van der Waals surface area contributed by atoms with Crippen LogP contribution >= 0.6 is 0 Å². The van der Waals surface area contributed by atoms with E-state index in [-0.39, 0.29) is 11.8 Å². The number of piperidine rings is 1. The summed E-state index contributed by atoms with van der Waals surface area (Å²) in [6.07, 6.45) is 2.70. The van der Waals surface area contributed by atoms with Crippen molar-refractivity contribution in [1.29, 1.82) is 0 Å². The van der Waals surface area contributed by atoms with E-state index in [0.29, 0.717) is 26.2 Å². The van der Waals surface area contributed by atoms with Crippen LogP contribution in [0.4, 0.5) is 5.69 Å². The van der Waals surface area contributed by atoms with Gasteiger partial charge in [-0.15, -0.1) is 0 Å². The number of benzene rings is 1. The molecule has 0 aromatic heterocycles. The molecule has 0 spiro atoms. The Morgan fingerprint density at radius 2 is 1.88 bits per heavy atom. The average molecular weight is 368 g/mol. The minimum Gasteiger partial charge on any atom is -0.378 e. The summed E-state index contributed by atoms with van der Waals surface area (Å²) in [7, 11) is 0.748. The summed E-state index contributed by atoms with van der Waals surface area (Å²) in [6, 6.07) is 8.16. The Bertz CT molecular complexity index is 686. The van der Waals surface area contributed by atoms with E-state index in [9.17, 15) is 13.2 Å². The van der Waals surface area contributed by atoms with Crippen molar-refractivity contribution in [1.82, 2.24) is 9.21 Å². The van der Waals surface area contributed by atoms with E-state index in [4.69, 9.17) is 0 Å². The molecule has 1 fully saturated rings. The van der Waals surface area contributed by atoms with Gasteiger partial charge in [0.1, 0.15) is 0 Å². The first kappa shape index (κ1) is 19.7. The number of anilines is 1. The number of carbonyl (C=O) groups excluding carboxylic acids is 1. The van der Waals surface area contributed by atoms with Crippen molar-refractivity contribution >= 4 is 21.6 Å². The van der Waals surface area contributed by atoms with Crippen molar-refractivity contribution in [2.45, 2.75) is 26.3 Å². The van der Waals surface area contributed by atoms with Crippen molar-refractivity contribution in [2.24, 2.45) is 5.92 Å². The summed E-state index contributed by atoms with van der Waals surface area (Å²) in [5, 5.41) is 0. The van der Waals surface area contributed by atoms with Crippen LogP contribution in [0.3, 0.4) is 0 Å². The lowest BCUT2D eigenvalue weighted by molar-refractivity contribution is -0.137. The number of nitrogens with zero attached hydrogens (tertiary/aromatic N) is 3. The Hall–Kier alpha value is -1.60. The summed E-state index contributed by atoms with van der Waals surface area (Å²) in [5.41, 5.74) is 2.20. The van der Waals surface area contributed by atoms with Gasteiger partial charge in [0.2, 0.25) is 15.9 Å². The van der Waals surface area contributed by atoms with Crippen molar-refractivity contribution in [3.8, 4) is 0 Å². The van der Waals surface area contributed by atoms with Crippen molar-refractivity contribution < 1.29 is 13.2 Å². The Labute approximate surface area is 151 Å². The first-order valence-corrected chi connectivity index (χ1v) is 10.6. The lowest BCUT2D eigenvalue weighted by Crippen LogP contribution is -2.46. The predicted octanol–water partition coefficient (Wildman–Crippen LogP) is 1.77. The number of carbonyl (C=O) groups is 1. The van der Waals surface area contributed by atoms with Gasteiger partial charge < -0.3 is 9.80 Å². The topological polar surface area (TPSA) is 60.9 Å². The third-order valence-corrected chi connectivity index (χ3v) is 5.99. The molecule has 6 nitrogen and oxygen atoms in total.